The van der Waals surface area contributed by atoms with Gasteiger partial charge in [0, 0.05) is 32.2 Å². The first-order valence-corrected chi connectivity index (χ1v) is 9.85. The number of rotatable bonds is 6. The zero-order chi connectivity index (χ0) is 23.4. The molecule has 3 amide bonds. The highest BCUT2D eigenvalue weighted by molar-refractivity contribution is 5.95. The lowest BCUT2D eigenvalue weighted by Crippen LogP contribution is -2.55. The molecule has 3 rings (SSSR count). The molecule has 172 valence electrons. The molecule has 9 nitrogen and oxygen atoms in total. The van der Waals surface area contributed by atoms with Crippen LogP contribution in [0.1, 0.15) is 23.2 Å². The van der Waals surface area contributed by atoms with Crippen LogP contribution in [-0.2, 0) is 9.59 Å². The second-order valence-electron chi connectivity index (χ2n) is 7.33. The number of halogens is 3. The summed E-state index contributed by atoms with van der Waals surface area (Å²) in [6, 6.07) is 2.54. The average molecular weight is 453 g/mol. The molecule has 1 fully saturated rings. The number of piperazine rings is 1. The summed E-state index contributed by atoms with van der Waals surface area (Å²) < 4.78 is 44.8. The molecule has 2 N–H and O–H groups in total. The van der Waals surface area contributed by atoms with Gasteiger partial charge in [-0.2, -0.15) is 0 Å². The molecule has 2 aromatic rings. The quantitative estimate of drug-likeness (QED) is 0.639. The zero-order valence-corrected chi connectivity index (χ0v) is 17.5. The number of amides is 3. The minimum Gasteiger partial charge on any atom is -0.351 e. The topological polar surface area (TPSA) is 108 Å². The maximum atomic E-state index is 13.6. The maximum absolute atomic E-state index is 13.6. The Bertz CT molecular complexity index is 1020. The molecule has 1 saturated heterocycles. The van der Waals surface area contributed by atoms with Crippen LogP contribution >= 0.6 is 0 Å². The number of anilines is 1. The highest BCUT2D eigenvalue weighted by atomic mass is 19.2. The molecule has 1 atom stereocenters. The number of aromatic nitrogens is 1. The SMILES string of the molecule is Cc1cc(C(=O)N2CCN(C(C)C(=O)NCC(=O)Nc3ccc(F)c(F)c3F)CC2)on1. The molecule has 0 saturated carbocycles. The van der Waals surface area contributed by atoms with Crippen molar-refractivity contribution in [3.8, 4) is 0 Å². The van der Waals surface area contributed by atoms with Crippen molar-refractivity contribution in [3.63, 3.8) is 0 Å². The summed E-state index contributed by atoms with van der Waals surface area (Å²) in [6.45, 7) is 4.51. The van der Waals surface area contributed by atoms with Gasteiger partial charge < -0.3 is 20.1 Å². The molecule has 2 heterocycles. The van der Waals surface area contributed by atoms with Gasteiger partial charge in [0.05, 0.1) is 24.0 Å². The molecule has 0 aliphatic carbocycles. The number of nitrogens with one attached hydrogen (secondary N) is 2. The van der Waals surface area contributed by atoms with Crippen LogP contribution in [0.4, 0.5) is 18.9 Å². The maximum Gasteiger partial charge on any atom is 0.292 e. The molecule has 1 aromatic heterocycles. The Morgan fingerprint density at radius 2 is 1.81 bits per heavy atom. The van der Waals surface area contributed by atoms with Crippen molar-refractivity contribution in [1.29, 1.82) is 0 Å². The van der Waals surface area contributed by atoms with Crippen LogP contribution in [0.5, 0.6) is 0 Å². The molecule has 1 unspecified atom stereocenters. The van der Waals surface area contributed by atoms with Gasteiger partial charge in [0.1, 0.15) is 0 Å². The van der Waals surface area contributed by atoms with Crippen LogP contribution < -0.4 is 10.6 Å². The van der Waals surface area contributed by atoms with Crippen molar-refractivity contribution in [2.24, 2.45) is 0 Å². The van der Waals surface area contributed by atoms with Crippen LogP contribution in [0.25, 0.3) is 0 Å². The second-order valence-corrected chi connectivity index (χ2v) is 7.33. The normalized spacial score (nSPS) is 15.3. The van der Waals surface area contributed by atoms with Crippen molar-refractivity contribution >= 4 is 23.4 Å². The van der Waals surface area contributed by atoms with Gasteiger partial charge in [0.25, 0.3) is 5.91 Å². The van der Waals surface area contributed by atoms with Crippen LogP contribution in [0.15, 0.2) is 22.7 Å². The molecular weight excluding hydrogens is 431 g/mol. The van der Waals surface area contributed by atoms with Gasteiger partial charge in [-0.15, -0.1) is 0 Å². The Morgan fingerprint density at radius 3 is 2.44 bits per heavy atom. The van der Waals surface area contributed by atoms with Gasteiger partial charge in [-0.05, 0) is 26.0 Å². The number of benzene rings is 1. The number of aryl methyl sites for hydroxylation is 1. The smallest absolute Gasteiger partial charge is 0.292 e. The predicted molar refractivity (Wildman–Crippen MR) is 106 cm³/mol. The van der Waals surface area contributed by atoms with Gasteiger partial charge in [-0.25, -0.2) is 13.2 Å². The molecule has 0 radical (unpaired) electrons. The fourth-order valence-electron chi connectivity index (χ4n) is 3.23. The van der Waals surface area contributed by atoms with Gasteiger partial charge in [-0.3, -0.25) is 19.3 Å². The van der Waals surface area contributed by atoms with Gasteiger partial charge in [0.15, 0.2) is 17.5 Å². The third-order valence-electron chi connectivity index (χ3n) is 5.10. The summed E-state index contributed by atoms with van der Waals surface area (Å²) in [5, 5.41) is 8.20. The number of nitrogens with zero attached hydrogens (tertiary/aromatic N) is 3. The van der Waals surface area contributed by atoms with E-state index in [9.17, 15) is 27.6 Å². The summed E-state index contributed by atoms with van der Waals surface area (Å²) in [4.78, 5) is 40.2. The van der Waals surface area contributed by atoms with E-state index in [1.54, 1.807) is 24.8 Å². The number of hydrogen-bond acceptors (Lipinski definition) is 6. The zero-order valence-electron chi connectivity index (χ0n) is 17.5. The standard InChI is InChI=1S/C20H22F3N5O4/c1-11-9-15(32-26-11)20(31)28-7-5-27(6-8-28)12(2)19(30)24-10-16(29)25-14-4-3-13(21)17(22)18(14)23/h3-4,9,12H,5-8,10H2,1-2H3,(H,24,30)(H,25,29). The fraction of sp³-hybridized carbons (Fsp3) is 0.400. The van der Waals surface area contributed by atoms with Crippen molar-refractivity contribution in [1.82, 2.24) is 20.3 Å². The lowest BCUT2D eigenvalue weighted by Gasteiger charge is -2.37. The molecule has 12 heteroatoms. The molecule has 1 aliphatic rings. The van der Waals surface area contributed by atoms with E-state index in [4.69, 9.17) is 4.52 Å². The highest BCUT2D eigenvalue weighted by Gasteiger charge is 2.29. The van der Waals surface area contributed by atoms with Crippen LogP contribution in [0.2, 0.25) is 0 Å². The molecule has 0 bridgehead atoms. The fourth-order valence-corrected chi connectivity index (χ4v) is 3.23. The Labute approximate surface area is 181 Å². The minimum absolute atomic E-state index is 0.158. The van der Waals surface area contributed by atoms with E-state index in [0.717, 1.165) is 6.07 Å². The summed E-state index contributed by atoms with van der Waals surface area (Å²) in [7, 11) is 0. The van der Waals surface area contributed by atoms with Crippen LogP contribution in [0.3, 0.4) is 0 Å². The lowest BCUT2D eigenvalue weighted by molar-refractivity contribution is -0.128. The van der Waals surface area contributed by atoms with Gasteiger partial charge in [-0.1, -0.05) is 5.16 Å². The Balaban J connectivity index is 1.45. The first-order chi connectivity index (χ1) is 15.2. The number of carbonyl (C=O) groups is 3. The van der Waals surface area contributed by atoms with E-state index in [-0.39, 0.29) is 11.7 Å². The van der Waals surface area contributed by atoms with Crippen molar-refractivity contribution in [3.05, 3.63) is 47.1 Å². The van der Waals surface area contributed by atoms with Gasteiger partial charge in [0.2, 0.25) is 17.6 Å². The molecular formula is C20H22F3N5O4. The van der Waals surface area contributed by atoms with Crippen LogP contribution in [0, 0.1) is 24.4 Å². The number of carbonyl (C=O) groups excluding carboxylic acids is 3. The molecule has 0 spiro atoms. The first kappa shape index (κ1) is 23.3. The summed E-state index contributed by atoms with van der Waals surface area (Å²) >= 11 is 0. The van der Waals surface area contributed by atoms with E-state index in [1.165, 1.54) is 0 Å². The minimum atomic E-state index is -1.70. The molecule has 32 heavy (non-hydrogen) atoms. The van der Waals surface area contributed by atoms with E-state index < -0.39 is 47.5 Å². The third kappa shape index (κ3) is 5.25. The summed E-state index contributed by atoms with van der Waals surface area (Å²) in [5.74, 6) is -5.96. The second kappa shape index (κ2) is 9.81. The van der Waals surface area contributed by atoms with Crippen LogP contribution in [-0.4, -0.2) is 71.4 Å². The lowest BCUT2D eigenvalue weighted by atomic mass is 10.2. The number of hydrogen-bond donors (Lipinski definition) is 2. The van der Waals surface area contributed by atoms with Crippen molar-refractivity contribution < 1.29 is 32.1 Å². The van der Waals surface area contributed by atoms with E-state index in [1.807, 2.05) is 4.90 Å². The summed E-state index contributed by atoms with van der Waals surface area (Å²) in [5.41, 5.74) is 0.0764. The van der Waals surface area contributed by atoms with E-state index in [2.05, 4.69) is 15.8 Å². The van der Waals surface area contributed by atoms with E-state index in [0.29, 0.717) is 37.9 Å². The molecule has 1 aromatic carbocycles. The molecule has 1 aliphatic heterocycles. The monoisotopic (exact) mass is 453 g/mol. The van der Waals surface area contributed by atoms with Crippen molar-refractivity contribution in [2.75, 3.05) is 38.0 Å². The Hall–Kier alpha value is -3.41. The Morgan fingerprint density at radius 1 is 1.12 bits per heavy atom. The Kier molecular flexibility index (Phi) is 7.13. The summed E-state index contributed by atoms with van der Waals surface area (Å²) in [6.07, 6.45) is 0. The van der Waals surface area contributed by atoms with Gasteiger partial charge >= 0.3 is 0 Å². The van der Waals surface area contributed by atoms with Crippen molar-refractivity contribution in [2.45, 2.75) is 19.9 Å². The first-order valence-electron chi connectivity index (χ1n) is 9.85. The largest absolute Gasteiger partial charge is 0.351 e. The average Bonchev–Trinajstić information content (AvgIpc) is 3.23. The highest BCUT2D eigenvalue weighted by Crippen LogP contribution is 2.19. The van der Waals surface area contributed by atoms with E-state index >= 15 is 0 Å². The third-order valence-corrected chi connectivity index (χ3v) is 5.10. The predicted octanol–water partition coefficient (Wildman–Crippen LogP) is 1.30.